The van der Waals surface area contributed by atoms with Gasteiger partial charge in [0.15, 0.2) is 0 Å². The van der Waals surface area contributed by atoms with Gasteiger partial charge >= 0.3 is 0 Å². The van der Waals surface area contributed by atoms with Crippen LogP contribution in [0.1, 0.15) is 31.2 Å². The van der Waals surface area contributed by atoms with Crippen molar-refractivity contribution in [2.24, 2.45) is 0 Å². The summed E-state index contributed by atoms with van der Waals surface area (Å²) >= 11 is 3.57. The van der Waals surface area contributed by atoms with Crippen LogP contribution < -0.4 is 5.32 Å². The number of hydrogen-bond acceptors (Lipinski definition) is 3. The van der Waals surface area contributed by atoms with Crippen LogP contribution in [0.2, 0.25) is 0 Å². The zero-order chi connectivity index (χ0) is 14.1. The molecule has 2 aromatic rings. The molecular weight excluding hydrogens is 316 g/mol. The average molecular weight is 337 g/mol. The monoisotopic (exact) mass is 336 g/mol. The number of piperazine rings is 1. The standard InChI is InChI=1S/C15H21BrN4/c1-11(2)15-13(10-19-7-5-17-6-8-19)20-9-12(16)3-4-14(20)18-15/h3-4,9,11,17H,5-8,10H2,1-2H3. The Hall–Kier alpha value is -0.910. The molecule has 0 aliphatic carbocycles. The summed E-state index contributed by atoms with van der Waals surface area (Å²) < 4.78 is 3.33. The van der Waals surface area contributed by atoms with Crippen LogP contribution in [0, 0.1) is 0 Å². The molecule has 5 heteroatoms. The zero-order valence-electron chi connectivity index (χ0n) is 12.1. The first-order chi connectivity index (χ1) is 9.65. The molecule has 20 heavy (non-hydrogen) atoms. The fourth-order valence-corrected chi connectivity index (χ4v) is 3.12. The van der Waals surface area contributed by atoms with E-state index in [9.17, 15) is 0 Å². The van der Waals surface area contributed by atoms with Crippen LogP contribution in [0.5, 0.6) is 0 Å². The molecule has 0 radical (unpaired) electrons. The van der Waals surface area contributed by atoms with Crippen LogP contribution in [0.25, 0.3) is 5.65 Å². The van der Waals surface area contributed by atoms with Crippen molar-refractivity contribution in [2.45, 2.75) is 26.3 Å². The third kappa shape index (κ3) is 2.75. The molecule has 0 saturated carbocycles. The summed E-state index contributed by atoms with van der Waals surface area (Å²) in [7, 11) is 0. The minimum atomic E-state index is 0.451. The molecule has 1 aliphatic heterocycles. The number of nitrogens with one attached hydrogen (secondary N) is 1. The summed E-state index contributed by atoms with van der Waals surface area (Å²) in [5, 5.41) is 3.41. The van der Waals surface area contributed by atoms with E-state index in [0.29, 0.717) is 5.92 Å². The van der Waals surface area contributed by atoms with Crippen molar-refractivity contribution in [3.05, 3.63) is 34.2 Å². The maximum atomic E-state index is 4.82. The van der Waals surface area contributed by atoms with Gasteiger partial charge in [0.1, 0.15) is 5.65 Å². The number of hydrogen-bond donors (Lipinski definition) is 1. The first-order valence-corrected chi connectivity index (χ1v) is 8.04. The minimum absolute atomic E-state index is 0.451. The van der Waals surface area contributed by atoms with E-state index < -0.39 is 0 Å². The van der Waals surface area contributed by atoms with Crippen LogP contribution in [-0.2, 0) is 6.54 Å². The average Bonchev–Trinajstić information content (AvgIpc) is 2.78. The topological polar surface area (TPSA) is 32.6 Å². The van der Waals surface area contributed by atoms with Gasteiger partial charge in [-0.2, -0.15) is 0 Å². The van der Waals surface area contributed by atoms with Gasteiger partial charge in [-0.3, -0.25) is 4.90 Å². The molecule has 0 aromatic carbocycles. The van der Waals surface area contributed by atoms with Crippen LogP contribution in [0.4, 0.5) is 0 Å². The van der Waals surface area contributed by atoms with E-state index in [1.54, 1.807) is 0 Å². The molecule has 0 spiro atoms. The lowest BCUT2D eigenvalue weighted by Crippen LogP contribution is -2.43. The lowest BCUT2D eigenvalue weighted by atomic mass is 10.1. The maximum Gasteiger partial charge on any atom is 0.137 e. The number of pyridine rings is 1. The second-order valence-electron chi connectivity index (χ2n) is 5.70. The van der Waals surface area contributed by atoms with E-state index in [1.165, 1.54) is 11.4 Å². The van der Waals surface area contributed by atoms with Gasteiger partial charge in [0.2, 0.25) is 0 Å². The Labute approximate surface area is 128 Å². The predicted octanol–water partition coefficient (Wildman–Crippen LogP) is 2.63. The van der Waals surface area contributed by atoms with Gasteiger partial charge in [0.05, 0.1) is 11.4 Å². The first kappa shape index (κ1) is 14.0. The summed E-state index contributed by atoms with van der Waals surface area (Å²) in [5.41, 5.74) is 3.60. The van der Waals surface area contributed by atoms with E-state index in [2.05, 4.69) is 62.7 Å². The SMILES string of the molecule is CC(C)c1nc2ccc(Br)cn2c1CN1CCNCC1. The summed E-state index contributed by atoms with van der Waals surface area (Å²) in [6, 6.07) is 4.14. The molecule has 108 valence electrons. The van der Waals surface area contributed by atoms with Crippen molar-refractivity contribution in [3.63, 3.8) is 0 Å². The molecular formula is C15H21BrN4. The first-order valence-electron chi connectivity index (χ1n) is 7.24. The van der Waals surface area contributed by atoms with E-state index >= 15 is 0 Å². The molecule has 4 nitrogen and oxygen atoms in total. The van der Waals surface area contributed by atoms with Gasteiger partial charge in [-0.1, -0.05) is 13.8 Å². The highest BCUT2D eigenvalue weighted by Gasteiger charge is 2.19. The highest BCUT2D eigenvalue weighted by Crippen LogP contribution is 2.24. The highest BCUT2D eigenvalue weighted by molar-refractivity contribution is 9.10. The largest absolute Gasteiger partial charge is 0.314 e. The molecule has 3 rings (SSSR count). The number of imidazole rings is 1. The third-order valence-corrected chi connectivity index (χ3v) is 4.31. The van der Waals surface area contributed by atoms with Crippen LogP contribution in [0.3, 0.4) is 0 Å². The van der Waals surface area contributed by atoms with E-state index in [-0.39, 0.29) is 0 Å². The van der Waals surface area contributed by atoms with Crippen molar-refractivity contribution >= 4 is 21.6 Å². The van der Waals surface area contributed by atoms with Crippen LogP contribution in [-0.4, -0.2) is 40.5 Å². The Bertz CT molecular complexity index is 599. The van der Waals surface area contributed by atoms with E-state index in [1.807, 2.05) is 0 Å². The van der Waals surface area contributed by atoms with Gasteiger partial charge in [0, 0.05) is 43.4 Å². The highest BCUT2D eigenvalue weighted by atomic mass is 79.9. The number of fused-ring (bicyclic) bond motifs is 1. The molecule has 0 amide bonds. The number of nitrogens with zero attached hydrogens (tertiary/aromatic N) is 3. The summed E-state index contributed by atoms with van der Waals surface area (Å²) in [5.74, 6) is 0.451. The predicted molar refractivity (Wildman–Crippen MR) is 85.1 cm³/mol. The van der Waals surface area contributed by atoms with Crippen molar-refractivity contribution in [1.82, 2.24) is 19.6 Å². The molecule has 0 atom stereocenters. The zero-order valence-corrected chi connectivity index (χ0v) is 13.7. The molecule has 1 saturated heterocycles. The van der Waals surface area contributed by atoms with Crippen molar-refractivity contribution < 1.29 is 0 Å². The maximum absolute atomic E-state index is 4.82. The Kier molecular flexibility index (Phi) is 4.10. The summed E-state index contributed by atoms with van der Waals surface area (Å²) in [4.78, 5) is 7.33. The van der Waals surface area contributed by atoms with E-state index in [4.69, 9.17) is 4.98 Å². The number of halogens is 1. The van der Waals surface area contributed by atoms with Crippen molar-refractivity contribution in [3.8, 4) is 0 Å². The molecule has 0 bridgehead atoms. The van der Waals surface area contributed by atoms with Gasteiger partial charge < -0.3 is 9.72 Å². The fraction of sp³-hybridized carbons (Fsp3) is 0.533. The third-order valence-electron chi connectivity index (χ3n) is 3.84. The number of rotatable bonds is 3. The Balaban J connectivity index is 2.01. The second-order valence-corrected chi connectivity index (χ2v) is 6.62. The smallest absolute Gasteiger partial charge is 0.137 e. The molecule has 1 fully saturated rings. The quantitative estimate of drug-likeness (QED) is 0.935. The van der Waals surface area contributed by atoms with E-state index in [0.717, 1.165) is 42.8 Å². The molecule has 0 unspecified atom stereocenters. The van der Waals surface area contributed by atoms with Crippen LogP contribution >= 0.6 is 15.9 Å². The van der Waals surface area contributed by atoms with Gasteiger partial charge in [-0.15, -0.1) is 0 Å². The summed E-state index contributed by atoms with van der Waals surface area (Å²) in [6.07, 6.45) is 2.13. The Morgan fingerprint density at radius 2 is 2.05 bits per heavy atom. The van der Waals surface area contributed by atoms with Crippen LogP contribution in [0.15, 0.2) is 22.8 Å². The molecule has 1 N–H and O–H groups in total. The van der Waals surface area contributed by atoms with Crippen molar-refractivity contribution in [2.75, 3.05) is 26.2 Å². The fourth-order valence-electron chi connectivity index (χ4n) is 2.79. The summed E-state index contributed by atoms with van der Waals surface area (Å²) in [6.45, 7) is 9.80. The normalized spacial score (nSPS) is 17.2. The Morgan fingerprint density at radius 1 is 1.30 bits per heavy atom. The minimum Gasteiger partial charge on any atom is -0.314 e. The van der Waals surface area contributed by atoms with Crippen molar-refractivity contribution in [1.29, 1.82) is 0 Å². The Morgan fingerprint density at radius 3 is 2.75 bits per heavy atom. The second kappa shape index (κ2) is 5.84. The van der Waals surface area contributed by atoms with Gasteiger partial charge in [-0.25, -0.2) is 4.98 Å². The molecule has 2 aromatic heterocycles. The van der Waals surface area contributed by atoms with Gasteiger partial charge in [0.25, 0.3) is 0 Å². The number of aromatic nitrogens is 2. The lowest BCUT2D eigenvalue weighted by Gasteiger charge is -2.27. The molecule has 3 heterocycles. The lowest BCUT2D eigenvalue weighted by molar-refractivity contribution is 0.229. The molecule has 1 aliphatic rings. The van der Waals surface area contributed by atoms with Gasteiger partial charge in [-0.05, 0) is 34.0 Å².